The van der Waals surface area contributed by atoms with Crippen LogP contribution in [-0.2, 0) is 33.0 Å². The van der Waals surface area contributed by atoms with Crippen LogP contribution in [0.1, 0.15) is 5.56 Å². The molecule has 1 aromatic carbocycles. The van der Waals surface area contributed by atoms with E-state index in [1.807, 2.05) is 30.3 Å². The van der Waals surface area contributed by atoms with E-state index in [1.165, 1.54) is 40.2 Å². The Morgan fingerprint density at radius 2 is 1.36 bits per heavy atom. The van der Waals surface area contributed by atoms with Crippen molar-refractivity contribution in [3.8, 4) is 0 Å². The van der Waals surface area contributed by atoms with Crippen molar-refractivity contribution in [2.75, 3.05) is 34.2 Å². The van der Waals surface area contributed by atoms with Crippen molar-refractivity contribution in [2.45, 2.75) is 11.2 Å². The largest absolute Gasteiger partial charge is 0.346 e. The van der Waals surface area contributed by atoms with Crippen LogP contribution >= 0.6 is 27.0 Å². The first-order valence-electron chi connectivity index (χ1n) is 6.49. The van der Waals surface area contributed by atoms with Gasteiger partial charge in [0.25, 0.3) is 0 Å². The molecule has 0 N–H and O–H groups in total. The lowest BCUT2D eigenvalue weighted by Gasteiger charge is -2.28. The molecule has 0 unspecified atom stereocenters. The summed E-state index contributed by atoms with van der Waals surface area (Å²) >= 11 is 1.47. The first-order valence-corrected chi connectivity index (χ1v) is 10.9. The van der Waals surface area contributed by atoms with Gasteiger partial charge in [-0.05, 0) is 5.56 Å². The van der Waals surface area contributed by atoms with E-state index in [0.29, 0.717) is 5.75 Å². The average Bonchev–Trinajstić information content (AvgIpc) is 2.58. The van der Waals surface area contributed by atoms with Crippen molar-refractivity contribution in [1.82, 2.24) is 0 Å². The molecule has 0 heterocycles. The zero-order valence-electron chi connectivity index (χ0n) is 13.1. The monoisotopic (exact) mass is 368 g/mol. The first kappa shape index (κ1) is 19.9. The van der Waals surface area contributed by atoms with Gasteiger partial charge in [0.15, 0.2) is 5.40 Å². The van der Waals surface area contributed by atoms with Gasteiger partial charge in [-0.1, -0.05) is 30.3 Å². The molecule has 22 heavy (non-hydrogen) atoms. The van der Waals surface area contributed by atoms with Crippen molar-refractivity contribution < 1.29 is 27.2 Å². The van der Waals surface area contributed by atoms with Crippen molar-refractivity contribution in [2.24, 2.45) is 0 Å². The molecule has 0 radical (unpaired) electrons. The van der Waals surface area contributed by atoms with E-state index in [-0.39, 0.29) is 5.75 Å². The maximum Gasteiger partial charge on any atom is 0.346 e. The molecule has 0 fully saturated rings. The molecular formula is C13H22O6P2S. The van der Waals surface area contributed by atoms with Crippen molar-refractivity contribution in [1.29, 1.82) is 0 Å². The fraction of sp³-hybridized carbons (Fsp3) is 0.538. The number of thioether (sulfide) groups is 1. The van der Waals surface area contributed by atoms with E-state index in [1.54, 1.807) is 0 Å². The van der Waals surface area contributed by atoms with E-state index in [9.17, 15) is 9.13 Å². The summed E-state index contributed by atoms with van der Waals surface area (Å²) in [5.41, 5.74) is 1.11. The molecule has 9 heteroatoms. The molecule has 0 aliphatic rings. The summed E-state index contributed by atoms with van der Waals surface area (Å²) in [6, 6.07) is 9.79. The minimum Gasteiger partial charge on any atom is -0.311 e. The van der Waals surface area contributed by atoms with Crippen LogP contribution in [-0.4, -0.2) is 39.6 Å². The SMILES string of the molecule is COP(=O)(OC)C(CSCc1ccccc1)P(=O)(OC)OC. The standard InChI is InChI=1S/C13H22O6P2S/c1-16-20(14,17-2)13(21(15,18-3)19-4)11-22-10-12-8-6-5-7-9-12/h5-9,13H,10-11H2,1-4H3. The van der Waals surface area contributed by atoms with E-state index >= 15 is 0 Å². The Morgan fingerprint density at radius 3 is 1.77 bits per heavy atom. The molecule has 0 saturated heterocycles. The Kier molecular flexibility index (Phi) is 8.36. The highest BCUT2D eigenvalue weighted by molar-refractivity contribution is 7.99. The van der Waals surface area contributed by atoms with Crippen LogP contribution in [0.4, 0.5) is 0 Å². The predicted octanol–water partition coefficient (Wildman–Crippen LogP) is 4.22. The topological polar surface area (TPSA) is 71.1 Å². The van der Waals surface area contributed by atoms with E-state index in [4.69, 9.17) is 18.1 Å². The van der Waals surface area contributed by atoms with Crippen LogP contribution in [0.3, 0.4) is 0 Å². The molecule has 0 bridgehead atoms. The van der Waals surface area contributed by atoms with E-state index in [0.717, 1.165) is 5.56 Å². The number of hydrogen-bond donors (Lipinski definition) is 0. The lowest BCUT2D eigenvalue weighted by Crippen LogP contribution is -2.17. The lowest BCUT2D eigenvalue weighted by molar-refractivity contribution is 0.250. The highest BCUT2D eigenvalue weighted by atomic mass is 32.2. The molecule has 0 atom stereocenters. The van der Waals surface area contributed by atoms with E-state index in [2.05, 4.69) is 0 Å². The third-order valence-electron chi connectivity index (χ3n) is 3.13. The summed E-state index contributed by atoms with van der Waals surface area (Å²) in [5.74, 6) is 0.936. The molecule has 0 aliphatic heterocycles. The fourth-order valence-corrected chi connectivity index (χ4v) is 8.49. The summed E-state index contributed by atoms with van der Waals surface area (Å²) in [5, 5.41) is -0.987. The average molecular weight is 368 g/mol. The van der Waals surface area contributed by atoms with Crippen LogP contribution in [0.15, 0.2) is 30.3 Å². The second kappa shape index (κ2) is 9.24. The van der Waals surface area contributed by atoms with Gasteiger partial charge >= 0.3 is 15.2 Å². The molecule has 126 valence electrons. The fourth-order valence-electron chi connectivity index (χ4n) is 1.85. The predicted molar refractivity (Wildman–Crippen MR) is 89.6 cm³/mol. The number of rotatable bonds is 10. The molecule has 1 aromatic rings. The van der Waals surface area contributed by atoms with Gasteiger partial charge in [0.2, 0.25) is 0 Å². The maximum atomic E-state index is 12.7. The van der Waals surface area contributed by atoms with Gasteiger partial charge in [0.05, 0.1) is 0 Å². The lowest BCUT2D eigenvalue weighted by atomic mass is 10.2. The molecule has 0 saturated carbocycles. The summed E-state index contributed by atoms with van der Waals surface area (Å²) in [6.07, 6.45) is 0. The minimum absolute atomic E-state index is 0.257. The third kappa shape index (κ3) is 4.93. The van der Waals surface area contributed by atoms with Crippen molar-refractivity contribution in [3.63, 3.8) is 0 Å². The van der Waals surface area contributed by atoms with Crippen LogP contribution < -0.4 is 0 Å². The zero-order valence-corrected chi connectivity index (χ0v) is 15.7. The van der Waals surface area contributed by atoms with Gasteiger partial charge in [-0.3, -0.25) is 9.13 Å². The molecule has 0 amide bonds. The van der Waals surface area contributed by atoms with Gasteiger partial charge in [-0.2, -0.15) is 11.8 Å². The Hall–Kier alpha value is -0.130. The van der Waals surface area contributed by atoms with Crippen molar-refractivity contribution in [3.05, 3.63) is 35.9 Å². The second-order valence-corrected chi connectivity index (χ2v) is 10.6. The molecule has 0 aromatic heterocycles. The van der Waals surface area contributed by atoms with E-state index < -0.39 is 20.6 Å². The molecule has 6 nitrogen and oxygen atoms in total. The van der Waals surface area contributed by atoms with Gasteiger partial charge in [0.1, 0.15) is 0 Å². The summed E-state index contributed by atoms with van der Waals surface area (Å²) in [7, 11) is -2.17. The normalized spacial score (nSPS) is 12.8. The summed E-state index contributed by atoms with van der Waals surface area (Å²) in [4.78, 5) is 0. The van der Waals surface area contributed by atoms with Gasteiger partial charge < -0.3 is 18.1 Å². The second-order valence-electron chi connectivity index (χ2n) is 4.29. The van der Waals surface area contributed by atoms with Crippen LogP contribution in [0.2, 0.25) is 0 Å². The van der Waals surface area contributed by atoms with Crippen molar-refractivity contribution >= 4 is 27.0 Å². The summed E-state index contributed by atoms with van der Waals surface area (Å²) < 4.78 is 45.3. The quantitative estimate of drug-likeness (QED) is 0.573. The van der Waals surface area contributed by atoms with Crippen LogP contribution in [0.5, 0.6) is 0 Å². The van der Waals surface area contributed by atoms with Crippen LogP contribution in [0, 0.1) is 0 Å². The molecule has 0 spiro atoms. The molecule has 1 rings (SSSR count). The van der Waals surface area contributed by atoms with Crippen LogP contribution in [0.25, 0.3) is 0 Å². The highest BCUT2D eigenvalue weighted by Crippen LogP contribution is 2.69. The van der Waals surface area contributed by atoms with Gasteiger partial charge in [-0.25, -0.2) is 0 Å². The molecule has 0 aliphatic carbocycles. The number of benzene rings is 1. The van der Waals surface area contributed by atoms with Gasteiger partial charge in [-0.15, -0.1) is 0 Å². The molecular weight excluding hydrogens is 346 g/mol. The smallest absolute Gasteiger partial charge is 0.311 e. The summed E-state index contributed by atoms with van der Waals surface area (Å²) in [6.45, 7) is 0. The maximum absolute atomic E-state index is 12.7. The van der Waals surface area contributed by atoms with Gasteiger partial charge in [0, 0.05) is 39.9 Å². The number of hydrogen-bond acceptors (Lipinski definition) is 7. The first-order chi connectivity index (χ1) is 10.5. The third-order valence-corrected chi connectivity index (χ3v) is 10.3. The Labute approximate surface area is 135 Å². The Morgan fingerprint density at radius 1 is 0.909 bits per heavy atom. The zero-order chi connectivity index (χ0) is 16.6. The Balaban J connectivity index is 2.87. The minimum atomic E-state index is -3.60. The Bertz CT molecular complexity index is 497. The highest BCUT2D eigenvalue weighted by Gasteiger charge is 2.49.